The molecule has 2 heterocycles. The number of rotatable bonds is 7. The van der Waals surface area contributed by atoms with E-state index in [1.807, 2.05) is 13.8 Å². The number of aromatic nitrogens is 4. The van der Waals surface area contributed by atoms with E-state index >= 15 is 0 Å². The summed E-state index contributed by atoms with van der Waals surface area (Å²) in [6.45, 7) is 3.72. The van der Waals surface area contributed by atoms with Gasteiger partial charge in [-0.05, 0) is 51.3 Å². The molecule has 4 rings (SSSR count). The zero-order valence-electron chi connectivity index (χ0n) is 20.0. The standard InChI is InChI=1S/C24H27FN6O5/c1-12(2)26-24(35)36-14-5-4-13(8-14)17-10-21(29-28-17)27-23(34)19-9-18(30-31(19)3)22-15(11-32)20(33)7-6-16(22)25/h6-7,9-14,33H,4-5,8H2,1-3H3,(H,26,35)(H2,27,28,29,34)/t13-,14+/m0/s1. The van der Waals surface area contributed by atoms with E-state index in [1.165, 1.54) is 17.8 Å². The van der Waals surface area contributed by atoms with E-state index in [9.17, 15) is 23.9 Å². The Kier molecular flexibility index (Phi) is 7.04. The number of ether oxygens (including phenoxy) is 1. The normalized spacial score (nSPS) is 17.2. The Labute approximate surface area is 206 Å². The van der Waals surface area contributed by atoms with Crippen LogP contribution in [0.2, 0.25) is 0 Å². The lowest BCUT2D eigenvalue weighted by Gasteiger charge is -2.14. The van der Waals surface area contributed by atoms with Crippen LogP contribution in [-0.2, 0) is 11.8 Å². The van der Waals surface area contributed by atoms with Crippen LogP contribution in [0.4, 0.5) is 15.0 Å². The number of halogens is 1. The van der Waals surface area contributed by atoms with Gasteiger partial charge < -0.3 is 20.5 Å². The van der Waals surface area contributed by atoms with Gasteiger partial charge in [-0.1, -0.05) is 0 Å². The number of H-pyrrole nitrogens is 1. The van der Waals surface area contributed by atoms with Crippen LogP contribution in [0, 0.1) is 5.82 Å². The predicted molar refractivity (Wildman–Crippen MR) is 127 cm³/mol. The number of nitrogens with one attached hydrogen (secondary N) is 3. The third-order valence-electron chi connectivity index (χ3n) is 6.00. The summed E-state index contributed by atoms with van der Waals surface area (Å²) in [4.78, 5) is 36.1. The van der Waals surface area contributed by atoms with Gasteiger partial charge in [0.15, 0.2) is 12.1 Å². The number of benzene rings is 1. The molecule has 4 N–H and O–H groups in total. The third kappa shape index (κ3) is 5.21. The van der Waals surface area contributed by atoms with Crippen molar-refractivity contribution in [1.29, 1.82) is 0 Å². The molecular formula is C24H27FN6O5. The van der Waals surface area contributed by atoms with E-state index in [4.69, 9.17) is 4.74 Å². The van der Waals surface area contributed by atoms with E-state index < -0.39 is 17.8 Å². The second kappa shape index (κ2) is 10.2. The van der Waals surface area contributed by atoms with Gasteiger partial charge in [-0.25, -0.2) is 9.18 Å². The average molecular weight is 499 g/mol. The Morgan fingerprint density at radius 1 is 1.31 bits per heavy atom. The first-order valence-electron chi connectivity index (χ1n) is 11.5. The number of hydrogen-bond donors (Lipinski definition) is 4. The highest BCUT2D eigenvalue weighted by Crippen LogP contribution is 2.36. The van der Waals surface area contributed by atoms with Gasteiger partial charge in [0.25, 0.3) is 5.91 Å². The van der Waals surface area contributed by atoms with Crippen molar-refractivity contribution in [1.82, 2.24) is 25.3 Å². The van der Waals surface area contributed by atoms with E-state index in [1.54, 1.807) is 6.07 Å². The van der Waals surface area contributed by atoms with Crippen molar-refractivity contribution in [3.63, 3.8) is 0 Å². The number of aromatic amines is 1. The number of aromatic hydroxyl groups is 1. The smallest absolute Gasteiger partial charge is 0.407 e. The number of phenolic OH excluding ortho intramolecular Hbond substituents is 1. The fraction of sp³-hybridized carbons (Fsp3) is 0.375. The van der Waals surface area contributed by atoms with Crippen LogP contribution in [-0.4, -0.2) is 55.5 Å². The number of amides is 2. The summed E-state index contributed by atoms with van der Waals surface area (Å²) in [5.74, 6) is -1.30. The van der Waals surface area contributed by atoms with Crippen molar-refractivity contribution in [3.8, 4) is 17.0 Å². The molecule has 1 aliphatic rings. The zero-order chi connectivity index (χ0) is 26.0. The molecule has 0 radical (unpaired) electrons. The lowest BCUT2D eigenvalue weighted by molar-refractivity contribution is 0.0979. The number of nitrogens with zero attached hydrogens (tertiary/aromatic N) is 3. The number of carbonyl (C=O) groups excluding carboxylic acids is 3. The topological polar surface area (TPSA) is 151 Å². The first kappa shape index (κ1) is 24.9. The summed E-state index contributed by atoms with van der Waals surface area (Å²) in [5.41, 5.74) is 0.488. The van der Waals surface area contributed by atoms with Gasteiger partial charge in [0.1, 0.15) is 23.4 Å². The summed E-state index contributed by atoms with van der Waals surface area (Å²) >= 11 is 0. The van der Waals surface area contributed by atoms with E-state index in [0.717, 1.165) is 30.7 Å². The first-order valence-corrected chi connectivity index (χ1v) is 11.5. The summed E-state index contributed by atoms with van der Waals surface area (Å²) in [5, 5.41) is 26.5. The van der Waals surface area contributed by atoms with E-state index in [-0.39, 0.29) is 52.1 Å². The quantitative estimate of drug-likeness (QED) is 0.364. The lowest BCUT2D eigenvalue weighted by Crippen LogP contribution is -2.33. The lowest BCUT2D eigenvalue weighted by atomic mass is 10.0. The van der Waals surface area contributed by atoms with Crippen LogP contribution in [0.15, 0.2) is 24.3 Å². The fourth-order valence-electron chi connectivity index (χ4n) is 4.30. The molecule has 1 aromatic carbocycles. The van der Waals surface area contributed by atoms with Gasteiger partial charge in [-0.2, -0.15) is 10.2 Å². The van der Waals surface area contributed by atoms with Crippen molar-refractivity contribution in [2.24, 2.45) is 7.05 Å². The number of carbonyl (C=O) groups is 3. The van der Waals surface area contributed by atoms with Crippen molar-refractivity contribution >= 4 is 24.1 Å². The van der Waals surface area contributed by atoms with Gasteiger partial charge in [0, 0.05) is 30.8 Å². The molecule has 2 atom stereocenters. The second-order valence-corrected chi connectivity index (χ2v) is 9.01. The van der Waals surface area contributed by atoms with Crippen molar-refractivity contribution in [2.75, 3.05) is 5.32 Å². The van der Waals surface area contributed by atoms with Crippen LogP contribution in [0.3, 0.4) is 0 Å². The number of aldehydes is 1. The van der Waals surface area contributed by atoms with Gasteiger partial charge in [-0.3, -0.25) is 19.4 Å². The molecule has 1 fully saturated rings. The van der Waals surface area contributed by atoms with Gasteiger partial charge in [-0.15, -0.1) is 0 Å². The van der Waals surface area contributed by atoms with Gasteiger partial charge >= 0.3 is 6.09 Å². The molecule has 2 aromatic heterocycles. The van der Waals surface area contributed by atoms with Crippen LogP contribution in [0.25, 0.3) is 11.3 Å². The highest BCUT2D eigenvalue weighted by atomic mass is 19.1. The van der Waals surface area contributed by atoms with Crippen molar-refractivity contribution in [3.05, 3.63) is 47.0 Å². The van der Waals surface area contributed by atoms with Crippen LogP contribution in [0.1, 0.15) is 65.6 Å². The van der Waals surface area contributed by atoms with Gasteiger partial charge in [0.2, 0.25) is 0 Å². The SMILES string of the molecule is CC(C)NC(=O)O[C@@H]1CC[C@H](c2cc(NC(=O)c3cc(-c4c(F)ccc(O)c4C=O)nn3C)n[nH]2)C1. The molecule has 1 aliphatic carbocycles. The molecule has 36 heavy (non-hydrogen) atoms. The summed E-state index contributed by atoms with van der Waals surface area (Å²) in [7, 11) is 1.50. The maximum atomic E-state index is 14.4. The number of hydrogen-bond acceptors (Lipinski definition) is 7. The molecule has 0 aliphatic heterocycles. The molecule has 0 unspecified atom stereocenters. The van der Waals surface area contributed by atoms with Crippen molar-refractivity contribution in [2.45, 2.75) is 51.2 Å². The Hall–Kier alpha value is -4.22. The van der Waals surface area contributed by atoms with Crippen LogP contribution in [0.5, 0.6) is 5.75 Å². The highest BCUT2D eigenvalue weighted by Gasteiger charge is 2.30. The van der Waals surface area contributed by atoms with E-state index in [2.05, 4.69) is 25.9 Å². The summed E-state index contributed by atoms with van der Waals surface area (Å²) < 4.78 is 21.1. The van der Waals surface area contributed by atoms with E-state index in [0.29, 0.717) is 12.7 Å². The predicted octanol–water partition coefficient (Wildman–Crippen LogP) is 3.49. The Balaban J connectivity index is 1.43. The Morgan fingerprint density at radius 2 is 2.08 bits per heavy atom. The highest BCUT2D eigenvalue weighted by molar-refractivity contribution is 6.03. The minimum Gasteiger partial charge on any atom is -0.507 e. The first-order chi connectivity index (χ1) is 17.2. The summed E-state index contributed by atoms with van der Waals surface area (Å²) in [6, 6.07) is 5.14. The Bertz CT molecular complexity index is 1300. The fourth-order valence-corrected chi connectivity index (χ4v) is 4.30. The monoisotopic (exact) mass is 498 g/mol. The largest absolute Gasteiger partial charge is 0.507 e. The molecule has 11 nitrogen and oxygen atoms in total. The van der Waals surface area contributed by atoms with Crippen LogP contribution >= 0.6 is 0 Å². The van der Waals surface area contributed by atoms with Crippen molar-refractivity contribution < 1.29 is 28.6 Å². The molecule has 3 aromatic rings. The number of alkyl carbamates (subject to hydrolysis) is 1. The molecule has 0 spiro atoms. The molecule has 12 heteroatoms. The maximum absolute atomic E-state index is 14.4. The van der Waals surface area contributed by atoms with Gasteiger partial charge in [0.05, 0.1) is 16.8 Å². The maximum Gasteiger partial charge on any atom is 0.407 e. The number of phenols is 1. The average Bonchev–Trinajstić information content (AvgIpc) is 3.54. The van der Waals surface area contributed by atoms with Crippen LogP contribution < -0.4 is 10.6 Å². The molecule has 2 amide bonds. The minimum atomic E-state index is -0.752. The molecule has 0 bridgehead atoms. The number of aryl methyl sites for hydroxylation is 1. The number of anilines is 1. The molecule has 190 valence electrons. The summed E-state index contributed by atoms with van der Waals surface area (Å²) in [6.07, 6.45) is 1.87. The second-order valence-electron chi connectivity index (χ2n) is 9.01. The molecule has 0 saturated heterocycles. The molecular weight excluding hydrogens is 471 g/mol. The third-order valence-corrected chi connectivity index (χ3v) is 6.00. The molecule has 1 saturated carbocycles. The minimum absolute atomic E-state index is 0.00470. The zero-order valence-corrected chi connectivity index (χ0v) is 20.0. The Morgan fingerprint density at radius 3 is 2.81 bits per heavy atom.